The van der Waals surface area contributed by atoms with Crippen molar-refractivity contribution in [1.82, 2.24) is 9.88 Å². The molecule has 3 aliphatic heterocycles. The summed E-state index contributed by atoms with van der Waals surface area (Å²) in [7, 11) is 0. The van der Waals surface area contributed by atoms with Crippen molar-refractivity contribution in [1.29, 1.82) is 0 Å². The Labute approximate surface area is 186 Å². The van der Waals surface area contributed by atoms with E-state index in [1.807, 2.05) is 6.20 Å². The van der Waals surface area contributed by atoms with Crippen molar-refractivity contribution in [3.05, 3.63) is 65.0 Å². The van der Waals surface area contributed by atoms with E-state index in [1.165, 1.54) is 60.9 Å². The average Bonchev–Trinajstić information content (AvgIpc) is 3.28. The molecular weight excluding hydrogens is 380 g/mol. The lowest BCUT2D eigenvalue weighted by molar-refractivity contribution is -0.134. The highest BCUT2D eigenvalue weighted by Gasteiger charge is 2.66. The van der Waals surface area contributed by atoms with Crippen LogP contribution in [0.5, 0.6) is 0 Å². The molecule has 6 aliphatic rings. The Balaban J connectivity index is 1.24. The molecule has 2 saturated carbocycles. The van der Waals surface area contributed by atoms with Crippen LogP contribution in [0.1, 0.15) is 69.4 Å². The van der Waals surface area contributed by atoms with Crippen LogP contribution in [0, 0.1) is 11.3 Å². The number of pyridine rings is 1. The largest absolute Gasteiger partial charge is 0.359 e. The molecule has 1 aromatic rings. The van der Waals surface area contributed by atoms with Crippen LogP contribution < -0.4 is 0 Å². The molecule has 3 heteroatoms. The fraction of sp³-hybridized carbons (Fsp3) is 0.607. The number of fused-ring (bicyclic) bond motifs is 2. The fourth-order valence-corrected chi connectivity index (χ4v) is 8.59. The van der Waals surface area contributed by atoms with E-state index in [2.05, 4.69) is 47.8 Å². The molecular formula is C28H34N2O. The topological polar surface area (TPSA) is 25.4 Å². The number of hydrogen-bond donors (Lipinski definition) is 0. The predicted octanol–water partition coefficient (Wildman–Crippen LogP) is 5.52. The Morgan fingerprint density at radius 1 is 1.16 bits per heavy atom. The molecule has 0 unspecified atom stereocenters. The van der Waals surface area contributed by atoms with E-state index in [4.69, 9.17) is 4.74 Å². The minimum Gasteiger partial charge on any atom is -0.359 e. The molecule has 0 aromatic carbocycles. The molecule has 3 fully saturated rings. The smallest absolute Gasteiger partial charge is 0.0975 e. The maximum absolute atomic E-state index is 7.30. The van der Waals surface area contributed by atoms with Gasteiger partial charge in [0, 0.05) is 37.9 Å². The van der Waals surface area contributed by atoms with Crippen LogP contribution in [-0.4, -0.2) is 33.7 Å². The molecule has 3 nitrogen and oxygen atoms in total. The molecule has 1 saturated heterocycles. The lowest BCUT2D eigenvalue weighted by Gasteiger charge is -2.55. The summed E-state index contributed by atoms with van der Waals surface area (Å²) >= 11 is 0. The second-order valence-electron chi connectivity index (χ2n) is 11.5. The maximum atomic E-state index is 7.30. The second-order valence-corrected chi connectivity index (χ2v) is 11.5. The summed E-state index contributed by atoms with van der Waals surface area (Å²) < 4.78 is 7.30. The van der Waals surface area contributed by atoms with E-state index in [0.29, 0.717) is 17.4 Å². The van der Waals surface area contributed by atoms with E-state index < -0.39 is 0 Å². The van der Waals surface area contributed by atoms with Crippen LogP contribution in [0.25, 0.3) is 0 Å². The van der Waals surface area contributed by atoms with Crippen LogP contribution >= 0.6 is 0 Å². The van der Waals surface area contributed by atoms with Crippen LogP contribution in [0.3, 0.4) is 0 Å². The van der Waals surface area contributed by atoms with Gasteiger partial charge in [0.15, 0.2) is 0 Å². The second kappa shape index (κ2) is 6.20. The Bertz CT molecular complexity index is 1040. The Hall–Kier alpha value is -1.71. The molecule has 1 aromatic heterocycles. The summed E-state index contributed by atoms with van der Waals surface area (Å²) in [6.45, 7) is 9.19. The predicted molar refractivity (Wildman–Crippen MR) is 123 cm³/mol. The molecule has 4 heterocycles. The summed E-state index contributed by atoms with van der Waals surface area (Å²) in [5.41, 5.74) is 7.65. The first-order valence-electron chi connectivity index (χ1n) is 12.5. The van der Waals surface area contributed by atoms with Gasteiger partial charge in [-0.1, -0.05) is 31.2 Å². The summed E-state index contributed by atoms with van der Waals surface area (Å²) in [5.74, 6) is 0.632. The van der Waals surface area contributed by atoms with Gasteiger partial charge in [0.1, 0.15) is 0 Å². The van der Waals surface area contributed by atoms with E-state index >= 15 is 0 Å². The van der Waals surface area contributed by atoms with Gasteiger partial charge in [0.05, 0.1) is 11.2 Å². The first kappa shape index (κ1) is 18.8. The molecule has 162 valence electrons. The lowest BCUT2D eigenvalue weighted by Crippen LogP contribution is -2.56. The fourth-order valence-electron chi connectivity index (χ4n) is 8.59. The summed E-state index contributed by atoms with van der Waals surface area (Å²) in [4.78, 5) is 7.20. The molecule has 0 N–H and O–H groups in total. The van der Waals surface area contributed by atoms with Crippen molar-refractivity contribution >= 4 is 0 Å². The van der Waals surface area contributed by atoms with Gasteiger partial charge in [-0.05, 0) is 91.0 Å². The zero-order valence-corrected chi connectivity index (χ0v) is 18.8. The molecule has 0 radical (unpaired) electrons. The highest BCUT2D eigenvalue weighted by molar-refractivity contribution is 5.48. The third-order valence-electron chi connectivity index (χ3n) is 10.1. The minimum absolute atomic E-state index is 0.0290. The molecule has 2 bridgehead atoms. The third kappa shape index (κ3) is 2.40. The minimum atomic E-state index is -0.0435. The van der Waals surface area contributed by atoms with Gasteiger partial charge in [-0.15, -0.1) is 0 Å². The number of aromatic nitrogens is 1. The van der Waals surface area contributed by atoms with Gasteiger partial charge in [-0.25, -0.2) is 0 Å². The first-order valence-corrected chi connectivity index (χ1v) is 12.5. The highest BCUT2D eigenvalue weighted by Crippen LogP contribution is 2.67. The van der Waals surface area contributed by atoms with Gasteiger partial charge >= 0.3 is 0 Å². The van der Waals surface area contributed by atoms with Crippen molar-refractivity contribution in [2.75, 3.05) is 6.54 Å². The van der Waals surface area contributed by atoms with Crippen LogP contribution in [-0.2, 0) is 17.7 Å². The normalized spacial score (nSPS) is 43.5. The highest BCUT2D eigenvalue weighted by atomic mass is 16.5. The van der Waals surface area contributed by atoms with Gasteiger partial charge in [0.25, 0.3) is 0 Å². The molecule has 2 spiro atoms. The summed E-state index contributed by atoms with van der Waals surface area (Å²) in [6.07, 6.45) is 19.9. The molecule has 0 amide bonds. The van der Waals surface area contributed by atoms with Crippen molar-refractivity contribution in [3.8, 4) is 0 Å². The van der Waals surface area contributed by atoms with Crippen LogP contribution in [0.2, 0.25) is 0 Å². The number of nitrogens with zero attached hydrogens (tertiary/aromatic N) is 2. The zero-order valence-electron chi connectivity index (χ0n) is 18.8. The number of hydrogen-bond acceptors (Lipinski definition) is 3. The van der Waals surface area contributed by atoms with Crippen LogP contribution in [0.15, 0.2) is 53.9 Å². The SMILES string of the molecule is C=C1CCC2=CC3=CC[C@]4(C)[C@@H](N5CCc6ccncc6C5)CC[C@H]4[C@@]34CC[C@]2(C1)O4. The molecule has 3 aliphatic carbocycles. The number of ether oxygens (including phenoxy) is 1. The molecule has 5 atom stereocenters. The Kier molecular flexibility index (Phi) is 3.77. The Morgan fingerprint density at radius 3 is 3.03 bits per heavy atom. The first-order chi connectivity index (χ1) is 15.0. The van der Waals surface area contributed by atoms with Gasteiger partial charge in [-0.2, -0.15) is 0 Å². The summed E-state index contributed by atoms with van der Waals surface area (Å²) in [6, 6.07) is 2.86. The molecule has 31 heavy (non-hydrogen) atoms. The third-order valence-corrected chi connectivity index (χ3v) is 10.1. The quantitative estimate of drug-likeness (QED) is 0.566. The van der Waals surface area contributed by atoms with Crippen molar-refractivity contribution in [2.45, 2.75) is 88.5 Å². The van der Waals surface area contributed by atoms with E-state index in [9.17, 15) is 0 Å². The monoisotopic (exact) mass is 414 g/mol. The van der Waals surface area contributed by atoms with Gasteiger partial charge < -0.3 is 4.74 Å². The standard InChI is InChI=1S/C28H34N2O/c1-19-3-4-22-15-23-7-10-26(2)24(28(23)12-11-27(22,16-19)31-28)5-6-25(26)30-14-9-20-8-13-29-17-21(20)18-30/h7-8,13,15,17,24-25H,1,3-6,9-12,14,16,18H2,2H3/t24-,25+,26+,27-,28-/m1/s1. The lowest BCUT2D eigenvalue weighted by atomic mass is 9.60. The molecule has 7 rings (SSSR count). The Morgan fingerprint density at radius 2 is 2.10 bits per heavy atom. The summed E-state index contributed by atoms with van der Waals surface area (Å²) in [5, 5.41) is 0. The van der Waals surface area contributed by atoms with Crippen molar-refractivity contribution in [3.63, 3.8) is 0 Å². The van der Waals surface area contributed by atoms with Crippen LogP contribution in [0.4, 0.5) is 0 Å². The average molecular weight is 415 g/mol. The maximum Gasteiger partial charge on any atom is 0.0975 e. The van der Waals surface area contributed by atoms with Crippen molar-refractivity contribution < 1.29 is 4.74 Å². The van der Waals surface area contributed by atoms with Crippen molar-refractivity contribution in [2.24, 2.45) is 11.3 Å². The number of allylic oxidation sites excluding steroid dienone is 1. The number of rotatable bonds is 1. The zero-order chi connectivity index (χ0) is 20.8. The van der Waals surface area contributed by atoms with Gasteiger partial charge in [0.2, 0.25) is 0 Å². The van der Waals surface area contributed by atoms with Gasteiger partial charge in [-0.3, -0.25) is 9.88 Å². The van der Waals surface area contributed by atoms with E-state index in [-0.39, 0.29) is 11.2 Å². The van der Waals surface area contributed by atoms with E-state index in [0.717, 1.165) is 32.2 Å². The van der Waals surface area contributed by atoms with E-state index in [1.54, 1.807) is 5.57 Å².